The van der Waals surface area contributed by atoms with Crippen molar-refractivity contribution >= 4 is 29.1 Å². The molecule has 26 heavy (non-hydrogen) atoms. The minimum atomic E-state index is -0.271. The van der Waals surface area contributed by atoms with Crippen LogP contribution in [0.5, 0.6) is 0 Å². The van der Waals surface area contributed by atoms with Crippen LogP contribution < -0.4 is 15.5 Å². The minimum Gasteiger partial charge on any atom is -0.450 e. The van der Waals surface area contributed by atoms with Gasteiger partial charge in [-0.05, 0) is 19.1 Å². The fourth-order valence-corrected chi connectivity index (χ4v) is 2.99. The Balaban J connectivity index is 1.75. The number of aromatic nitrogens is 2. The highest BCUT2D eigenvalue weighted by Crippen LogP contribution is 2.32. The van der Waals surface area contributed by atoms with E-state index in [0.717, 1.165) is 5.69 Å². The Hall–Kier alpha value is -3.03. The molecular weight excluding hydrogens is 332 g/mol. The molecule has 2 heterocycles. The number of para-hydroxylation sites is 1. The molecule has 1 saturated heterocycles. The molecule has 1 aromatic carbocycles. The maximum Gasteiger partial charge on any atom is 0.409 e. The molecule has 0 atom stereocenters. The van der Waals surface area contributed by atoms with Crippen molar-refractivity contribution in [3.8, 4) is 0 Å². The summed E-state index contributed by atoms with van der Waals surface area (Å²) in [7, 11) is 1.93. The summed E-state index contributed by atoms with van der Waals surface area (Å²) in [5.41, 5.74) is 7.91. The highest BCUT2D eigenvalue weighted by atomic mass is 16.6. The van der Waals surface area contributed by atoms with Crippen LogP contribution in [-0.2, 0) is 4.74 Å². The molecule has 2 aromatic rings. The number of benzene rings is 1. The van der Waals surface area contributed by atoms with Gasteiger partial charge in [0.15, 0.2) is 11.6 Å². The van der Waals surface area contributed by atoms with Crippen molar-refractivity contribution in [2.45, 2.75) is 6.92 Å². The number of rotatable bonds is 4. The number of anilines is 4. The van der Waals surface area contributed by atoms with Gasteiger partial charge in [0.2, 0.25) is 0 Å². The van der Waals surface area contributed by atoms with Crippen molar-refractivity contribution in [3.63, 3.8) is 0 Å². The summed E-state index contributed by atoms with van der Waals surface area (Å²) in [4.78, 5) is 26.3. The smallest absolute Gasteiger partial charge is 0.409 e. The van der Waals surface area contributed by atoms with E-state index in [1.165, 1.54) is 6.33 Å². The average Bonchev–Trinajstić information content (AvgIpc) is 2.69. The Bertz CT molecular complexity index is 747. The van der Waals surface area contributed by atoms with Crippen LogP contribution in [0.25, 0.3) is 0 Å². The number of nitrogens with zero attached hydrogens (tertiary/aromatic N) is 5. The van der Waals surface area contributed by atoms with E-state index in [0.29, 0.717) is 50.1 Å². The number of hydrogen-bond donors (Lipinski definition) is 1. The highest BCUT2D eigenvalue weighted by molar-refractivity contribution is 5.79. The van der Waals surface area contributed by atoms with E-state index in [1.54, 1.807) is 11.8 Å². The molecule has 1 aromatic heterocycles. The minimum absolute atomic E-state index is 0.271. The quantitative estimate of drug-likeness (QED) is 0.897. The molecule has 138 valence electrons. The normalized spacial score (nSPS) is 14.2. The lowest BCUT2D eigenvalue weighted by atomic mass is 10.2. The van der Waals surface area contributed by atoms with E-state index in [-0.39, 0.29) is 6.09 Å². The van der Waals surface area contributed by atoms with Crippen LogP contribution in [0.15, 0.2) is 36.7 Å². The molecule has 1 aliphatic rings. The summed E-state index contributed by atoms with van der Waals surface area (Å²) < 4.78 is 5.06. The number of piperazine rings is 1. The monoisotopic (exact) mass is 356 g/mol. The number of carbonyl (C=O) groups is 1. The Morgan fingerprint density at radius 3 is 2.54 bits per heavy atom. The molecule has 0 aliphatic carbocycles. The molecule has 8 nitrogen and oxygen atoms in total. The third-order valence-electron chi connectivity index (χ3n) is 4.41. The van der Waals surface area contributed by atoms with Crippen molar-refractivity contribution < 1.29 is 9.53 Å². The van der Waals surface area contributed by atoms with Gasteiger partial charge in [-0.1, -0.05) is 18.2 Å². The third-order valence-corrected chi connectivity index (χ3v) is 4.41. The van der Waals surface area contributed by atoms with Gasteiger partial charge >= 0.3 is 6.09 Å². The zero-order chi connectivity index (χ0) is 18.5. The Kier molecular flexibility index (Phi) is 5.40. The van der Waals surface area contributed by atoms with E-state index >= 15 is 0 Å². The van der Waals surface area contributed by atoms with Gasteiger partial charge in [0.05, 0.1) is 6.61 Å². The lowest BCUT2D eigenvalue weighted by Crippen LogP contribution is -2.49. The van der Waals surface area contributed by atoms with E-state index in [2.05, 4.69) is 14.9 Å². The van der Waals surface area contributed by atoms with Gasteiger partial charge in [0, 0.05) is 38.9 Å². The molecule has 3 rings (SSSR count). The summed E-state index contributed by atoms with van der Waals surface area (Å²) in [5, 5.41) is 0. The second-order valence-corrected chi connectivity index (χ2v) is 6.00. The maximum absolute atomic E-state index is 11.8. The Labute approximate surface area is 153 Å². The molecule has 1 fully saturated rings. The number of ether oxygens (including phenoxy) is 1. The first kappa shape index (κ1) is 17.8. The summed E-state index contributed by atoms with van der Waals surface area (Å²) in [6.45, 7) is 4.63. The Morgan fingerprint density at radius 1 is 1.19 bits per heavy atom. The first-order chi connectivity index (χ1) is 12.6. The maximum atomic E-state index is 11.8. The van der Waals surface area contributed by atoms with Crippen LogP contribution in [-0.4, -0.2) is 60.8 Å². The average molecular weight is 356 g/mol. The SMILES string of the molecule is CCOC(=O)N1CCN(c2ncnc(N(C)c3ccccc3)c2N)CC1. The largest absolute Gasteiger partial charge is 0.450 e. The molecular formula is C18H24N6O2. The Morgan fingerprint density at radius 2 is 1.88 bits per heavy atom. The van der Waals surface area contributed by atoms with Crippen LogP contribution >= 0.6 is 0 Å². The van der Waals surface area contributed by atoms with E-state index in [4.69, 9.17) is 10.5 Å². The van der Waals surface area contributed by atoms with Gasteiger partial charge in [-0.15, -0.1) is 0 Å². The summed E-state index contributed by atoms with van der Waals surface area (Å²) in [6, 6.07) is 9.91. The van der Waals surface area contributed by atoms with Crippen molar-refractivity contribution in [1.29, 1.82) is 0 Å². The highest BCUT2D eigenvalue weighted by Gasteiger charge is 2.25. The number of amides is 1. The molecule has 2 N–H and O–H groups in total. The van der Waals surface area contributed by atoms with Crippen LogP contribution in [0.4, 0.5) is 27.8 Å². The second kappa shape index (κ2) is 7.90. The van der Waals surface area contributed by atoms with Gasteiger partial charge in [0.25, 0.3) is 0 Å². The van der Waals surface area contributed by atoms with Crippen LogP contribution in [0, 0.1) is 0 Å². The molecule has 1 aliphatic heterocycles. The van der Waals surface area contributed by atoms with Gasteiger partial charge in [-0.2, -0.15) is 0 Å². The second-order valence-electron chi connectivity index (χ2n) is 6.00. The predicted octanol–water partition coefficient (Wildman–Crippen LogP) is 2.11. The molecule has 0 radical (unpaired) electrons. The first-order valence-corrected chi connectivity index (χ1v) is 8.67. The van der Waals surface area contributed by atoms with Gasteiger partial charge in [0.1, 0.15) is 12.0 Å². The molecule has 0 spiro atoms. The van der Waals surface area contributed by atoms with Crippen molar-refractivity contribution in [1.82, 2.24) is 14.9 Å². The molecule has 8 heteroatoms. The topological polar surface area (TPSA) is 87.8 Å². The lowest BCUT2D eigenvalue weighted by Gasteiger charge is -2.35. The lowest BCUT2D eigenvalue weighted by molar-refractivity contribution is 0.105. The van der Waals surface area contributed by atoms with E-state index in [1.807, 2.05) is 42.3 Å². The molecule has 0 bridgehead atoms. The van der Waals surface area contributed by atoms with Crippen molar-refractivity contribution in [3.05, 3.63) is 36.7 Å². The number of nitrogen functional groups attached to an aromatic ring is 1. The summed E-state index contributed by atoms with van der Waals surface area (Å²) in [6.07, 6.45) is 1.25. The number of hydrogen-bond acceptors (Lipinski definition) is 7. The van der Waals surface area contributed by atoms with Gasteiger partial charge in [-0.25, -0.2) is 14.8 Å². The fraction of sp³-hybridized carbons (Fsp3) is 0.389. The summed E-state index contributed by atoms with van der Waals surface area (Å²) >= 11 is 0. The third kappa shape index (κ3) is 3.63. The van der Waals surface area contributed by atoms with Crippen molar-refractivity contribution in [2.75, 3.05) is 55.4 Å². The van der Waals surface area contributed by atoms with Gasteiger partial charge in [-0.3, -0.25) is 0 Å². The zero-order valence-corrected chi connectivity index (χ0v) is 15.1. The van der Waals surface area contributed by atoms with Crippen LogP contribution in [0.3, 0.4) is 0 Å². The van der Waals surface area contributed by atoms with E-state index < -0.39 is 0 Å². The molecule has 0 saturated carbocycles. The predicted molar refractivity (Wildman–Crippen MR) is 102 cm³/mol. The summed E-state index contributed by atoms with van der Waals surface area (Å²) in [5.74, 6) is 1.36. The van der Waals surface area contributed by atoms with Crippen LogP contribution in [0.2, 0.25) is 0 Å². The van der Waals surface area contributed by atoms with Gasteiger partial charge < -0.3 is 25.2 Å². The fourth-order valence-electron chi connectivity index (χ4n) is 2.99. The number of nitrogens with two attached hydrogens (primary N) is 1. The van der Waals surface area contributed by atoms with Crippen molar-refractivity contribution in [2.24, 2.45) is 0 Å². The number of carbonyl (C=O) groups excluding carboxylic acids is 1. The molecule has 1 amide bonds. The standard InChI is InChI=1S/C18H24N6O2/c1-3-26-18(25)24-11-9-23(10-12-24)17-15(19)16(20-13-21-17)22(2)14-7-5-4-6-8-14/h4-8,13H,3,9-12,19H2,1-2H3. The van der Waals surface area contributed by atoms with E-state index in [9.17, 15) is 4.79 Å². The first-order valence-electron chi connectivity index (χ1n) is 8.67. The zero-order valence-electron chi connectivity index (χ0n) is 15.1. The molecule has 0 unspecified atom stereocenters. The van der Waals surface area contributed by atoms with Crippen LogP contribution in [0.1, 0.15) is 6.92 Å².